The van der Waals surface area contributed by atoms with E-state index in [2.05, 4.69) is 6.92 Å². The van der Waals surface area contributed by atoms with Crippen molar-refractivity contribution in [3.05, 3.63) is 59.3 Å². The van der Waals surface area contributed by atoms with Gasteiger partial charge in [0.25, 0.3) is 5.91 Å². The van der Waals surface area contributed by atoms with Crippen LogP contribution in [0.1, 0.15) is 28.8 Å². The van der Waals surface area contributed by atoms with Crippen molar-refractivity contribution in [3.63, 3.8) is 0 Å². The van der Waals surface area contributed by atoms with Crippen LogP contribution in [0.5, 0.6) is 0 Å². The second-order valence-corrected chi connectivity index (χ2v) is 8.85. The van der Waals surface area contributed by atoms with Gasteiger partial charge in [0.1, 0.15) is 17.3 Å². The van der Waals surface area contributed by atoms with E-state index >= 15 is 0 Å². The van der Waals surface area contributed by atoms with Crippen LogP contribution in [0, 0.1) is 5.82 Å². The van der Waals surface area contributed by atoms with Crippen molar-refractivity contribution < 1.29 is 26.9 Å². The average molecular weight is 395 g/mol. The Labute approximate surface area is 158 Å². The molecule has 6 nitrogen and oxygen atoms in total. The largest absolute Gasteiger partial charge is 0.455 e. The van der Waals surface area contributed by atoms with E-state index in [4.69, 9.17) is 4.42 Å². The molecule has 1 aliphatic rings. The van der Waals surface area contributed by atoms with Gasteiger partial charge in [-0.25, -0.2) is 12.8 Å². The molecular formula is C19H24FN2O4S+. The number of carbonyl (C=O) groups excluding carboxylic acids is 1. The summed E-state index contributed by atoms with van der Waals surface area (Å²) in [6.45, 7) is 6.26. The van der Waals surface area contributed by atoms with Crippen LogP contribution in [-0.4, -0.2) is 51.9 Å². The highest BCUT2D eigenvalue weighted by atomic mass is 32.2. The molecule has 0 spiro atoms. The standard InChI is InChI=1S/C19H23FN2O4S/c1-2-21-9-11-22(12-10-21)19(23)18-8-7-16(26-18)14-27(24,25)13-15-5-3-4-6-17(15)20/h3-8H,2,9-14H2,1H3/p+1. The minimum Gasteiger partial charge on any atom is -0.455 e. The van der Waals surface area contributed by atoms with Crippen LogP contribution < -0.4 is 4.90 Å². The minimum atomic E-state index is -3.62. The van der Waals surface area contributed by atoms with E-state index in [1.807, 2.05) is 0 Å². The van der Waals surface area contributed by atoms with Crippen LogP contribution in [0.25, 0.3) is 0 Å². The smallest absolute Gasteiger partial charge is 0.289 e. The lowest BCUT2D eigenvalue weighted by Crippen LogP contribution is -3.14. The van der Waals surface area contributed by atoms with Crippen LogP contribution in [0.4, 0.5) is 4.39 Å². The van der Waals surface area contributed by atoms with Crippen LogP contribution in [-0.2, 0) is 21.3 Å². The topological polar surface area (TPSA) is 72.0 Å². The second-order valence-electron chi connectivity index (χ2n) is 6.79. The maximum absolute atomic E-state index is 13.7. The monoisotopic (exact) mass is 395 g/mol. The van der Waals surface area contributed by atoms with Crippen LogP contribution in [0.3, 0.4) is 0 Å². The van der Waals surface area contributed by atoms with Gasteiger partial charge >= 0.3 is 0 Å². The third kappa shape index (κ3) is 4.95. The molecule has 1 aromatic carbocycles. The summed E-state index contributed by atoms with van der Waals surface area (Å²) in [6.07, 6.45) is 0. The Kier molecular flexibility index (Phi) is 5.96. The van der Waals surface area contributed by atoms with Crippen LogP contribution in [0.2, 0.25) is 0 Å². The third-order valence-electron chi connectivity index (χ3n) is 4.83. The fourth-order valence-corrected chi connectivity index (χ4v) is 4.62. The Morgan fingerprint density at radius 2 is 1.85 bits per heavy atom. The zero-order valence-corrected chi connectivity index (χ0v) is 16.1. The second kappa shape index (κ2) is 8.22. The Hall–Kier alpha value is -2.19. The first-order chi connectivity index (χ1) is 12.9. The molecule has 1 fully saturated rings. The lowest BCUT2D eigenvalue weighted by Gasteiger charge is -2.31. The molecule has 1 amide bonds. The molecule has 1 aliphatic heterocycles. The summed E-state index contributed by atoms with van der Waals surface area (Å²) in [6, 6.07) is 8.79. The van der Waals surface area contributed by atoms with Gasteiger partial charge in [0.15, 0.2) is 15.6 Å². The minimum absolute atomic E-state index is 0.122. The Morgan fingerprint density at radius 1 is 1.15 bits per heavy atom. The van der Waals surface area contributed by atoms with E-state index in [-0.39, 0.29) is 28.7 Å². The van der Waals surface area contributed by atoms with Gasteiger partial charge in [-0.15, -0.1) is 0 Å². The molecule has 27 heavy (non-hydrogen) atoms. The third-order valence-corrected chi connectivity index (χ3v) is 6.30. The highest BCUT2D eigenvalue weighted by Gasteiger charge is 2.26. The number of halogens is 1. The van der Waals surface area contributed by atoms with Gasteiger partial charge in [0.2, 0.25) is 0 Å². The molecule has 0 aliphatic carbocycles. The summed E-state index contributed by atoms with van der Waals surface area (Å²) in [5, 5.41) is 0. The molecule has 2 aromatic rings. The van der Waals surface area contributed by atoms with E-state index in [0.717, 1.165) is 19.6 Å². The zero-order chi connectivity index (χ0) is 19.4. The maximum Gasteiger partial charge on any atom is 0.289 e. The van der Waals surface area contributed by atoms with Crippen molar-refractivity contribution in [2.45, 2.75) is 18.4 Å². The fourth-order valence-electron chi connectivity index (χ4n) is 3.23. The molecule has 1 aromatic heterocycles. The lowest BCUT2D eigenvalue weighted by atomic mass is 10.2. The van der Waals surface area contributed by atoms with Gasteiger partial charge in [0.05, 0.1) is 38.5 Å². The first-order valence-electron chi connectivity index (χ1n) is 9.03. The van der Waals surface area contributed by atoms with Gasteiger partial charge in [-0.1, -0.05) is 18.2 Å². The van der Waals surface area contributed by atoms with Gasteiger partial charge < -0.3 is 14.2 Å². The van der Waals surface area contributed by atoms with Gasteiger partial charge in [-0.3, -0.25) is 4.79 Å². The molecule has 0 saturated carbocycles. The molecule has 1 N–H and O–H groups in total. The van der Waals surface area contributed by atoms with Crippen molar-refractivity contribution in [2.24, 2.45) is 0 Å². The number of rotatable bonds is 6. The Balaban J connectivity index is 1.63. The van der Waals surface area contributed by atoms with Crippen LogP contribution >= 0.6 is 0 Å². The number of quaternary nitrogens is 1. The van der Waals surface area contributed by atoms with Crippen molar-refractivity contribution in [1.82, 2.24) is 4.90 Å². The molecule has 2 heterocycles. The number of piperazine rings is 1. The number of nitrogens with zero attached hydrogens (tertiary/aromatic N) is 1. The Bertz CT molecular complexity index is 902. The molecule has 146 valence electrons. The predicted octanol–water partition coefficient (Wildman–Crippen LogP) is 0.894. The average Bonchev–Trinajstić information content (AvgIpc) is 3.10. The summed E-state index contributed by atoms with van der Waals surface area (Å²) >= 11 is 0. The molecular weight excluding hydrogens is 371 g/mol. The number of likely N-dealkylation sites (N-methyl/N-ethyl adjacent to an activating group) is 1. The first-order valence-corrected chi connectivity index (χ1v) is 10.9. The fraction of sp³-hybridized carbons (Fsp3) is 0.421. The number of hydrogen-bond donors (Lipinski definition) is 1. The SMILES string of the molecule is CC[NH+]1CCN(C(=O)c2ccc(CS(=O)(=O)Cc3ccccc3F)o2)CC1. The van der Waals surface area contributed by atoms with E-state index in [0.29, 0.717) is 13.1 Å². The molecule has 0 bridgehead atoms. The van der Waals surface area contributed by atoms with Crippen molar-refractivity contribution in [1.29, 1.82) is 0 Å². The Morgan fingerprint density at radius 3 is 2.52 bits per heavy atom. The number of amides is 1. The number of sulfone groups is 1. The maximum atomic E-state index is 13.7. The van der Waals surface area contributed by atoms with Gasteiger partial charge in [-0.05, 0) is 25.1 Å². The van der Waals surface area contributed by atoms with Crippen molar-refractivity contribution in [3.8, 4) is 0 Å². The number of hydrogen-bond acceptors (Lipinski definition) is 4. The molecule has 8 heteroatoms. The van der Waals surface area contributed by atoms with E-state index in [1.54, 1.807) is 11.0 Å². The summed E-state index contributed by atoms with van der Waals surface area (Å²) in [5.74, 6) is -1.22. The number of benzene rings is 1. The number of carbonyl (C=O) groups is 1. The zero-order valence-electron chi connectivity index (χ0n) is 15.3. The van der Waals surface area contributed by atoms with Crippen molar-refractivity contribution >= 4 is 15.7 Å². The quantitative estimate of drug-likeness (QED) is 0.789. The highest BCUT2D eigenvalue weighted by Crippen LogP contribution is 2.18. The predicted molar refractivity (Wildman–Crippen MR) is 98.6 cm³/mol. The first kappa shape index (κ1) is 19.6. The molecule has 0 atom stereocenters. The molecule has 3 rings (SSSR count). The summed E-state index contributed by atoms with van der Waals surface area (Å²) in [5.41, 5.74) is 0.122. The molecule has 1 saturated heterocycles. The van der Waals surface area contributed by atoms with Gasteiger partial charge in [-0.2, -0.15) is 0 Å². The molecule has 0 unspecified atom stereocenters. The van der Waals surface area contributed by atoms with Crippen LogP contribution in [0.15, 0.2) is 40.8 Å². The van der Waals surface area contributed by atoms with E-state index in [9.17, 15) is 17.6 Å². The van der Waals surface area contributed by atoms with Gasteiger partial charge in [0, 0.05) is 5.56 Å². The normalized spacial score (nSPS) is 15.9. The summed E-state index contributed by atoms with van der Waals surface area (Å²) in [4.78, 5) is 15.7. The number of nitrogens with one attached hydrogen (secondary N) is 1. The molecule has 0 radical (unpaired) electrons. The van der Waals surface area contributed by atoms with Crippen molar-refractivity contribution in [2.75, 3.05) is 32.7 Å². The number of furan rings is 1. The lowest BCUT2D eigenvalue weighted by molar-refractivity contribution is -0.902. The summed E-state index contributed by atoms with van der Waals surface area (Å²) < 4.78 is 43.9. The van der Waals surface area contributed by atoms with E-state index < -0.39 is 21.4 Å². The highest BCUT2D eigenvalue weighted by molar-refractivity contribution is 7.89. The summed E-state index contributed by atoms with van der Waals surface area (Å²) in [7, 11) is -3.62. The van der Waals surface area contributed by atoms with E-state index in [1.165, 1.54) is 35.2 Å².